The summed E-state index contributed by atoms with van der Waals surface area (Å²) in [6, 6.07) is 17.2. The van der Waals surface area contributed by atoms with Gasteiger partial charge < -0.3 is 0 Å². The van der Waals surface area contributed by atoms with Gasteiger partial charge in [-0.05, 0) is 36.8 Å². The molecular weight excluding hydrogens is 284 g/mol. The van der Waals surface area contributed by atoms with Crippen LogP contribution in [0.15, 0.2) is 48.5 Å². The zero-order valence-corrected chi connectivity index (χ0v) is 12.0. The molecule has 0 atom stereocenters. The summed E-state index contributed by atoms with van der Waals surface area (Å²) in [5.41, 5.74) is 3.81. The SMILES string of the molecule is Cc1ccccc1-c1c(C#N)nnn1-c1ccc(Cl)cc1. The van der Waals surface area contributed by atoms with Crippen LogP contribution in [0.5, 0.6) is 0 Å². The highest BCUT2D eigenvalue weighted by atomic mass is 35.5. The molecule has 0 aliphatic rings. The lowest BCUT2D eigenvalue weighted by atomic mass is 10.0. The number of benzene rings is 2. The molecule has 1 aromatic heterocycles. The van der Waals surface area contributed by atoms with Gasteiger partial charge in [-0.25, -0.2) is 4.68 Å². The second-order valence-corrected chi connectivity index (χ2v) is 5.04. The topological polar surface area (TPSA) is 54.5 Å². The maximum atomic E-state index is 9.29. The summed E-state index contributed by atoms with van der Waals surface area (Å²) in [5, 5.41) is 18.0. The van der Waals surface area contributed by atoms with Crippen LogP contribution < -0.4 is 0 Å². The Balaban J connectivity index is 2.25. The molecular formula is C16H11ClN4. The van der Waals surface area contributed by atoms with E-state index in [4.69, 9.17) is 11.6 Å². The molecule has 0 spiro atoms. The molecule has 3 rings (SSSR count). The molecule has 0 bridgehead atoms. The number of halogens is 1. The van der Waals surface area contributed by atoms with E-state index in [2.05, 4.69) is 16.4 Å². The highest BCUT2D eigenvalue weighted by molar-refractivity contribution is 6.30. The predicted molar refractivity (Wildman–Crippen MR) is 81.3 cm³/mol. The first-order chi connectivity index (χ1) is 10.2. The van der Waals surface area contributed by atoms with Gasteiger partial charge in [-0.3, -0.25) is 0 Å². The molecule has 0 unspecified atom stereocenters. The van der Waals surface area contributed by atoms with E-state index < -0.39 is 0 Å². The second-order valence-electron chi connectivity index (χ2n) is 4.60. The van der Waals surface area contributed by atoms with E-state index in [0.717, 1.165) is 16.8 Å². The number of hydrogen-bond donors (Lipinski definition) is 0. The Morgan fingerprint density at radius 2 is 1.81 bits per heavy atom. The predicted octanol–water partition coefficient (Wildman–Crippen LogP) is 3.77. The van der Waals surface area contributed by atoms with E-state index in [9.17, 15) is 5.26 Å². The summed E-state index contributed by atoms with van der Waals surface area (Å²) in [6.45, 7) is 2.00. The number of nitriles is 1. The van der Waals surface area contributed by atoms with Crippen LogP contribution in [0, 0.1) is 18.3 Å². The van der Waals surface area contributed by atoms with Crippen molar-refractivity contribution >= 4 is 11.6 Å². The fourth-order valence-electron chi connectivity index (χ4n) is 2.20. The maximum Gasteiger partial charge on any atom is 0.191 e. The Kier molecular flexibility index (Phi) is 3.43. The third kappa shape index (κ3) is 2.39. The van der Waals surface area contributed by atoms with E-state index >= 15 is 0 Å². The average molecular weight is 295 g/mol. The zero-order valence-electron chi connectivity index (χ0n) is 11.3. The van der Waals surface area contributed by atoms with Gasteiger partial charge in [0.05, 0.1) is 5.69 Å². The van der Waals surface area contributed by atoms with Crippen molar-refractivity contribution in [2.45, 2.75) is 6.92 Å². The molecule has 3 aromatic rings. The van der Waals surface area contributed by atoms with Crippen molar-refractivity contribution in [3.63, 3.8) is 0 Å². The van der Waals surface area contributed by atoms with E-state index in [1.807, 2.05) is 43.3 Å². The van der Waals surface area contributed by atoms with Crippen molar-refractivity contribution in [3.05, 3.63) is 64.8 Å². The molecule has 0 saturated carbocycles. The summed E-state index contributed by atoms with van der Waals surface area (Å²) < 4.78 is 1.66. The normalized spacial score (nSPS) is 10.3. The van der Waals surface area contributed by atoms with Gasteiger partial charge in [0.2, 0.25) is 0 Å². The van der Waals surface area contributed by atoms with Crippen molar-refractivity contribution < 1.29 is 0 Å². The number of hydrogen-bond acceptors (Lipinski definition) is 3. The minimum Gasteiger partial charge on any atom is -0.211 e. The molecule has 0 amide bonds. The van der Waals surface area contributed by atoms with E-state index in [-0.39, 0.29) is 0 Å². The Morgan fingerprint density at radius 3 is 2.48 bits per heavy atom. The van der Waals surface area contributed by atoms with Crippen LogP contribution in [0.3, 0.4) is 0 Å². The lowest BCUT2D eigenvalue weighted by molar-refractivity contribution is 0.806. The molecule has 0 aliphatic carbocycles. The summed E-state index contributed by atoms with van der Waals surface area (Å²) >= 11 is 5.92. The summed E-state index contributed by atoms with van der Waals surface area (Å²) in [5.74, 6) is 0. The van der Waals surface area contributed by atoms with Crippen molar-refractivity contribution in [2.75, 3.05) is 0 Å². The fraction of sp³-hybridized carbons (Fsp3) is 0.0625. The van der Waals surface area contributed by atoms with E-state index in [1.54, 1.807) is 16.8 Å². The van der Waals surface area contributed by atoms with Gasteiger partial charge in [0.25, 0.3) is 0 Å². The molecule has 2 aromatic carbocycles. The summed E-state index contributed by atoms with van der Waals surface area (Å²) in [4.78, 5) is 0. The van der Waals surface area contributed by atoms with Gasteiger partial charge in [0, 0.05) is 10.6 Å². The largest absolute Gasteiger partial charge is 0.211 e. The van der Waals surface area contributed by atoms with Gasteiger partial charge in [-0.1, -0.05) is 41.1 Å². The van der Waals surface area contributed by atoms with Crippen LogP contribution in [0.2, 0.25) is 5.02 Å². The minimum atomic E-state index is 0.305. The molecule has 1 heterocycles. The van der Waals surface area contributed by atoms with Gasteiger partial charge in [-0.15, -0.1) is 5.10 Å². The smallest absolute Gasteiger partial charge is 0.191 e. The van der Waals surface area contributed by atoms with Crippen molar-refractivity contribution in [3.8, 4) is 23.0 Å². The van der Waals surface area contributed by atoms with Gasteiger partial charge in [0.15, 0.2) is 5.69 Å². The van der Waals surface area contributed by atoms with Crippen LogP contribution >= 0.6 is 11.6 Å². The van der Waals surface area contributed by atoms with Gasteiger partial charge >= 0.3 is 0 Å². The molecule has 0 aliphatic heterocycles. The fourth-order valence-corrected chi connectivity index (χ4v) is 2.33. The zero-order chi connectivity index (χ0) is 14.8. The van der Waals surface area contributed by atoms with Crippen LogP contribution in [0.25, 0.3) is 16.9 Å². The summed E-state index contributed by atoms with van der Waals surface area (Å²) in [7, 11) is 0. The van der Waals surface area contributed by atoms with Crippen LogP contribution in [0.1, 0.15) is 11.3 Å². The average Bonchev–Trinajstić information content (AvgIpc) is 2.92. The number of aryl methyl sites for hydroxylation is 1. The van der Waals surface area contributed by atoms with Crippen LogP contribution in [-0.2, 0) is 0 Å². The third-order valence-electron chi connectivity index (χ3n) is 3.25. The first kappa shape index (κ1) is 13.3. The van der Waals surface area contributed by atoms with Gasteiger partial charge in [-0.2, -0.15) is 5.26 Å². The van der Waals surface area contributed by atoms with E-state index in [0.29, 0.717) is 16.4 Å². The molecule has 21 heavy (non-hydrogen) atoms. The first-order valence-electron chi connectivity index (χ1n) is 6.38. The number of aromatic nitrogens is 3. The first-order valence-corrected chi connectivity index (χ1v) is 6.76. The Hall–Kier alpha value is -2.64. The van der Waals surface area contributed by atoms with Gasteiger partial charge in [0.1, 0.15) is 11.8 Å². The molecule has 0 N–H and O–H groups in total. The molecule has 0 saturated heterocycles. The Morgan fingerprint density at radius 1 is 1.10 bits per heavy atom. The molecule has 0 radical (unpaired) electrons. The second kappa shape index (κ2) is 5.39. The lowest BCUT2D eigenvalue weighted by Gasteiger charge is -2.09. The van der Waals surface area contributed by atoms with Crippen molar-refractivity contribution in [2.24, 2.45) is 0 Å². The molecule has 4 nitrogen and oxygen atoms in total. The molecule has 5 heteroatoms. The molecule has 102 valence electrons. The standard InChI is InChI=1S/C16H11ClN4/c1-11-4-2-3-5-14(11)16-15(10-18)19-20-21(16)13-8-6-12(17)7-9-13/h2-9H,1H3. The molecule has 0 fully saturated rings. The number of nitrogens with zero attached hydrogens (tertiary/aromatic N) is 4. The summed E-state index contributed by atoms with van der Waals surface area (Å²) in [6.07, 6.45) is 0. The third-order valence-corrected chi connectivity index (χ3v) is 3.50. The van der Waals surface area contributed by atoms with E-state index in [1.165, 1.54) is 0 Å². The Bertz CT molecular complexity index is 828. The Labute approximate surface area is 127 Å². The highest BCUT2D eigenvalue weighted by Crippen LogP contribution is 2.27. The quantitative estimate of drug-likeness (QED) is 0.723. The highest BCUT2D eigenvalue weighted by Gasteiger charge is 2.17. The van der Waals surface area contributed by atoms with Crippen LogP contribution in [0.4, 0.5) is 0 Å². The number of rotatable bonds is 2. The van der Waals surface area contributed by atoms with Crippen molar-refractivity contribution in [1.82, 2.24) is 15.0 Å². The monoisotopic (exact) mass is 294 g/mol. The van der Waals surface area contributed by atoms with Crippen LogP contribution in [-0.4, -0.2) is 15.0 Å². The lowest BCUT2D eigenvalue weighted by Crippen LogP contribution is -2.00. The minimum absolute atomic E-state index is 0.305. The maximum absolute atomic E-state index is 9.29. The van der Waals surface area contributed by atoms with Crippen molar-refractivity contribution in [1.29, 1.82) is 5.26 Å².